The lowest BCUT2D eigenvalue weighted by atomic mass is 10.2. The van der Waals surface area contributed by atoms with E-state index in [9.17, 15) is 13.2 Å². The number of nitrogens with zero attached hydrogens (tertiary/aromatic N) is 2. The number of rotatable bonds is 8. The van der Waals surface area contributed by atoms with Crippen LogP contribution in [0.25, 0.3) is 11.0 Å². The molecule has 1 heterocycles. The summed E-state index contributed by atoms with van der Waals surface area (Å²) in [6, 6.07) is 15.0. The fraction of sp³-hybridized carbons (Fsp3) is 0.300. The maximum Gasteiger partial charge on any atom is 0.240 e. The molecule has 3 rings (SSSR count). The Kier molecular flexibility index (Phi) is 5.99. The van der Waals surface area contributed by atoms with E-state index in [2.05, 4.69) is 10.3 Å². The molecule has 3 aromatic rings. The van der Waals surface area contributed by atoms with E-state index in [0.29, 0.717) is 24.5 Å². The molecule has 8 heteroatoms. The minimum absolute atomic E-state index is 0.00407. The lowest BCUT2D eigenvalue weighted by molar-refractivity contribution is -0.121. The summed E-state index contributed by atoms with van der Waals surface area (Å²) in [4.78, 5) is 16.7. The van der Waals surface area contributed by atoms with Crippen LogP contribution >= 0.6 is 0 Å². The number of para-hydroxylation sites is 2. The Balaban J connectivity index is 1.62. The van der Waals surface area contributed by atoms with Crippen LogP contribution in [0.1, 0.15) is 11.4 Å². The molecule has 0 spiro atoms. The number of imidazole rings is 1. The number of hydrogen-bond acceptors (Lipinski definition) is 5. The predicted octanol–water partition coefficient (Wildman–Crippen LogP) is 2.08. The number of aromatic nitrogens is 2. The van der Waals surface area contributed by atoms with E-state index in [1.165, 1.54) is 0 Å². The minimum Gasteiger partial charge on any atom is -0.492 e. The normalized spacial score (nSPS) is 11.5. The lowest BCUT2D eigenvalue weighted by Gasteiger charge is -2.11. The van der Waals surface area contributed by atoms with Crippen molar-refractivity contribution in [1.82, 2.24) is 14.9 Å². The van der Waals surface area contributed by atoms with Gasteiger partial charge < -0.3 is 14.6 Å². The summed E-state index contributed by atoms with van der Waals surface area (Å²) in [6.07, 6.45) is 1.15. The Labute approximate surface area is 164 Å². The second-order valence-electron chi connectivity index (χ2n) is 6.68. The molecule has 0 aliphatic carbocycles. The van der Waals surface area contributed by atoms with Gasteiger partial charge in [0.05, 0.1) is 17.6 Å². The van der Waals surface area contributed by atoms with Gasteiger partial charge in [-0.15, -0.1) is 0 Å². The summed E-state index contributed by atoms with van der Waals surface area (Å²) in [6.45, 7) is 2.69. The van der Waals surface area contributed by atoms with Crippen LogP contribution in [0.2, 0.25) is 0 Å². The number of aryl methyl sites for hydroxylation is 1. The number of sulfone groups is 1. The molecule has 7 nitrogen and oxygen atoms in total. The Morgan fingerprint density at radius 2 is 1.86 bits per heavy atom. The van der Waals surface area contributed by atoms with Gasteiger partial charge in [0.1, 0.15) is 30.5 Å². The summed E-state index contributed by atoms with van der Waals surface area (Å²) in [5.41, 5.74) is 2.54. The van der Waals surface area contributed by atoms with Gasteiger partial charge >= 0.3 is 0 Å². The molecule has 2 aromatic carbocycles. The molecule has 0 radical (unpaired) electrons. The first-order valence-electron chi connectivity index (χ1n) is 8.90. The van der Waals surface area contributed by atoms with Crippen molar-refractivity contribution in [3.8, 4) is 5.75 Å². The summed E-state index contributed by atoms with van der Waals surface area (Å²) in [5, 5.41) is 2.80. The third-order valence-corrected chi connectivity index (χ3v) is 4.92. The van der Waals surface area contributed by atoms with Gasteiger partial charge in [-0.1, -0.05) is 29.8 Å². The van der Waals surface area contributed by atoms with E-state index in [0.717, 1.165) is 23.1 Å². The van der Waals surface area contributed by atoms with Crippen molar-refractivity contribution < 1.29 is 17.9 Å². The lowest BCUT2D eigenvalue weighted by Crippen LogP contribution is -2.31. The highest BCUT2D eigenvalue weighted by Crippen LogP contribution is 2.17. The molecule has 0 fully saturated rings. The van der Waals surface area contributed by atoms with Crippen LogP contribution in [0.5, 0.6) is 5.75 Å². The fourth-order valence-corrected chi connectivity index (χ4v) is 3.53. The molecule has 0 bridgehead atoms. The summed E-state index contributed by atoms with van der Waals surface area (Å²) < 4.78 is 30.7. The van der Waals surface area contributed by atoms with Crippen molar-refractivity contribution in [2.75, 3.05) is 19.4 Å². The molecule has 28 heavy (non-hydrogen) atoms. The first-order chi connectivity index (χ1) is 13.3. The van der Waals surface area contributed by atoms with E-state index in [-0.39, 0.29) is 18.2 Å². The average Bonchev–Trinajstić information content (AvgIpc) is 2.96. The monoisotopic (exact) mass is 401 g/mol. The zero-order valence-corrected chi connectivity index (χ0v) is 16.7. The third kappa shape index (κ3) is 5.32. The van der Waals surface area contributed by atoms with E-state index in [1.807, 2.05) is 49.4 Å². The number of amides is 1. The van der Waals surface area contributed by atoms with Crippen LogP contribution in [0.15, 0.2) is 48.5 Å². The number of hydrogen-bond donors (Lipinski definition) is 1. The minimum atomic E-state index is -3.27. The molecule has 0 saturated heterocycles. The Bertz CT molecular complexity index is 1070. The van der Waals surface area contributed by atoms with E-state index < -0.39 is 9.84 Å². The third-order valence-electron chi connectivity index (χ3n) is 4.14. The number of carbonyl (C=O) groups excluding carboxylic acids is 1. The van der Waals surface area contributed by atoms with Gasteiger partial charge in [-0.25, -0.2) is 13.4 Å². The first-order valence-corrected chi connectivity index (χ1v) is 11.0. The highest BCUT2D eigenvalue weighted by molar-refractivity contribution is 7.89. The fourth-order valence-electron chi connectivity index (χ4n) is 2.84. The van der Waals surface area contributed by atoms with Crippen molar-refractivity contribution in [2.24, 2.45) is 0 Å². The molecule has 0 atom stereocenters. The molecule has 0 aliphatic heterocycles. The summed E-state index contributed by atoms with van der Waals surface area (Å²) in [7, 11) is -3.27. The molecular weight excluding hydrogens is 378 g/mol. The number of nitrogens with one attached hydrogen (secondary N) is 1. The summed E-state index contributed by atoms with van der Waals surface area (Å²) >= 11 is 0. The van der Waals surface area contributed by atoms with E-state index in [4.69, 9.17) is 4.74 Å². The van der Waals surface area contributed by atoms with Crippen LogP contribution in [-0.2, 0) is 26.9 Å². The Hall–Kier alpha value is -2.87. The second-order valence-corrected chi connectivity index (χ2v) is 8.82. The number of carbonyl (C=O) groups is 1. The van der Waals surface area contributed by atoms with E-state index >= 15 is 0 Å². The second kappa shape index (κ2) is 8.43. The molecule has 148 valence electrons. The van der Waals surface area contributed by atoms with Crippen molar-refractivity contribution in [1.29, 1.82) is 0 Å². The maximum absolute atomic E-state index is 12.4. The van der Waals surface area contributed by atoms with Gasteiger partial charge in [-0.3, -0.25) is 4.79 Å². The van der Waals surface area contributed by atoms with Crippen LogP contribution < -0.4 is 10.1 Å². The van der Waals surface area contributed by atoms with Crippen LogP contribution in [0.3, 0.4) is 0 Å². The zero-order valence-electron chi connectivity index (χ0n) is 15.9. The van der Waals surface area contributed by atoms with Gasteiger partial charge in [0.2, 0.25) is 5.91 Å². The van der Waals surface area contributed by atoms with Crippen LogP contribution in [0.4, 0.5) is 0 Å². The van der Waals surface area contributed by atoms with Gasteiger partial charge in [0, 0.05) is 6.26 Å². The van der Waals surface area contributed by atoms with Crippen molar-refractivity contribution in [2.45, 2.75) is 19.2 Å². The average molecular weight is 401 g/mol. The smallest absolute Gasteiger partial charge is 0.240 e. The van der Waals surface area contributed by atoms with Crippen molar-refractivity contribution in [3.05, 3.63) is 59.9 Å². The zero-order chi connectivity index (χ0) is 20.1. The van der Waals surface area contributed by atoms with Gasteiger partial charge in [-0.2, -0.15) is 0 Å². The molecule has 1 aromatic heterocycles. The molecule has 1 amide bonds. The highest BCUT2D eigenvalue weighted by Gasteiger charge is 2.17. The SMILES string of the molecule is Cc1ccc(OCCNC(=O)Cn2c(CS(C)(=O)=O)nc3ccccc32)cc1. The quantitative estimate of drug-likeness (QED) is 0.584. The Morgan fingerprint density at radius 1 is 1.14 bits per heavy atom. The topological polar surface area (TPSA) is 90.3 Å². The summed E-state index contributed by atoms with van der Waals surface area (Å²) in [5.74, 6) is 0.655. The predicted molar refractivity (Wildman–Crippen MR) is 108 cm³/mol. The standard InChI is InChI=1S/C20H23N3O4S/c1-15-7-9-16(10-8-15)27-12-11-21-20(24)13-23-18-6-4-3-5-17(18)22-19(23)14-28(2,25)26/h3-10H,11-14H2,1-2H3,(H,21,24). The van der Waals surface area contributed by atoms with Crippen LogP contribution in [0, 0.1) is 6.92 Å². The van der Waals surface area contributed by atoms with Crippen LogP contribution in [-0.4, -0.2) is 43.3 Å². The number of fused-ring (bicyclic) bond motifs is 1. The highest BCUT2D eigenvalue weighted by atomic mass is 32.2. The van der Waals surface area contributed by atoms with Gasteiger partial charge in [-0.05, 0) is 31.2 Å². The maximum atomic E-state index is 12.4. The molecular formula is C20H23N3O4S. The largest absolute Gasteiger partial charge is 0.492 e. The molecule has 0 saturated carbocycles. The van der Waals surface area contributed by atoms with Crippen molar-refractivity contribution in [3.63, 3.8) is 0 Å². The Morgan fingerprint density at radius 3 is 2.57 bits per heavy atom. The number of benzene rings is 2. The molecule has 0 aliphatic rings. The molecule has 1 N–H and O–H groups in total. The van der Waals surface area contributed by atoms with Gasteiger partial charge in [0.15, 0.2) is 9.84 Å². The van der Waals surface area contributed by atoms with E-state index in [1.54, 1.807) is 10.6 Å². The number of ether oxygens (including phenoxy) is 1. The van der Waals surface area contributed by atoms with Crippen molar-refractivity contribution >= 4 is 26.8 Å². The first kappa shape index (κ1) is 19.9. The molecule has 0 unspecified atom stereocenters. The van der Waals surface area contributed by atoms with Gasteiger partial charge in [0.25, 0.3) is 0 Å².